The number of rotatable bonds is 8. The fourth-order valence-corrected chi connectivity index (χ4v) is 2.73. The van der Waals surface area contributed by atoms with Crippen molar-refractivity contribution in [2.45, 2.75) is 33.4 Å². The zero-order valence-electron chi connectivity index (χ0n) is 15.6. The molecular formula is C18H20BrF2N3O4. The van der Waals surface area contributed by atoms with E-state index < -0.39 is 23.2 Å². The lowest BCUT2D eigenvalue weighted by Crippen LogP contribution is -2.29. The van der Waals surface area contributed by atoms with Gasteiger partial charge in [-0.1, -0.05) is 0 Å². The SMILES string of the molecule is CCOC(=O)CNc1nc(OCc2ccc(F)cc2F)c(Br)c(=O)n1C(C)C. The van der Waals surface area contributed by atoms with Crippen molar-refractivity contribution in [2.75, 3.05) is 18.5 Å². The summed E-state index contributed by atoms with van der Waals surface area (Å²) in [4.78, 5) is 28.5. The zero-order valence-corrected chi connectivity index (χ0v) is 17.2. The molecule has 0 atom stereocenters. The van der Waals surface area contributed by atoms with Gasteiger partial charge in [0.1, 0.15) is 29.3 Å². The van der Waals surface area contributed by atoms with Crippen LogP contribution in [0.1, 0.15) is 32.4 Å². The number of hydrogen-bond acceptors (Lipinski definition) is 6. The van der Waals surface area contributed by atoms with Crippen LogP contribution in [0, 0.1) is 11.6 Å². The summed E-state index contributed by atoms with van der Waals surface area (Å²) in [5.41, 5.74) is -0.338. The minimum Gasteiger partial charge on any atom is -0.472 e. The van der Waals surface area contributed by atoms with E-state index in [4.69, 9.17) is 9.47 Å². The topological polar surface area (TPSA) is 82.5 Å². The van der Waals surface area contributed by atoms with Crippen molar-refractivity contribution >= 4 is 27.8 Å². The van der Waals surface area contributed by atoms with Gasteiger partial charge in [-0.2, -0.15) is 4.98 Å². The molecule has 0 fully saturated rings. The second-order valence-electron chi connectivity index (χ2n) is 6.01. The largest absolute Gasteiger partial charge is 0.472 e. The molecule has 0 aliphatic rings. The average molecular weight is 460 g/mol. The third kappa shape index (κ3) is 5.28. The maximum Gasteiger partial charge on any atom is 0.325 e. The molecule has 0 amide bonds. The Morgan fingerprint density at radius 2 is 2.07 bits per heavy atom. The first kappa shape index (κ1) is 21.8. The second-order valence-corrected chi connectivity index (χ2v) is 6.80. The molecule has 1 heterocycles. The van der Waals surface area contributed by atoms with E-state index in [9.17, 15) is 18.4 Å². The molecule has 0 saturated carbocycles. The molecule has 1 N–H and O–H groups in total. The summed E-state index contributed by atoms with van der Waals surface area (Å²) in [6.07, 6.45) is 0. The second kappa shape index (κ2) is 9.63. The molecule has 0 aliphatic carbocycles. The predicted molar refractivity (Wildman–Crippen MR) is 102 cm³/mol. The Hall–Kier alpha value is -2.49. The molecule has 152 valence electrons. The number of aromatic nitrogens is 2. The van der Waals surface area contributed by atoms with Crippen LogP contribution in [0.3, 0.4) is 0 Å². The summed E-state index contributed by atoms with van der Waals surface area (Å²) in [5, 5.41) is 2.76. The average Bonchev–Trinajstić information content (AvgIpc) is 2.62. The fourth-order valence-electron chi connectivity index (χ4n) is 2.34. The summed E-state index contributed by atoms with van der Waals surface area (Å²) in [7, 11) is 0. The molecule has 7 nitrogen and oxygen atoms in total. The number of esters is 1. The number of carbonyl (C=O) groups is 1. The molecule has 0 unspecified atom stereocenters. The Kier molecular flexibility index (Phi) is 7.50. The number of halogens is 3. The fraction of sp³-hybridized carbons (Fsp3) is 0.389. The minimum absolute atomic E-state index is 0.0467. The standard InChI is InChI=1S/C18H20BrF2N3O4/c1-4-27-14(25)8-22-18-23-16(15(19)17(26)24(18)10(2)3)28-9-11-5-6-12(20)7-13(11)21/h5-7,10H,4,8-9H2,1-3H3,(H,22,23). The Balaban J connectivity index is 2.30. The van der Waals surface area contributed by atoms with Crippen LogP contribution in [0.4, 0.5) is 14.7 Å². The number of benzene rings is 1. The van der Waals surface area contributed by atoms with Crippen molar-refractivity contribution in [3.05, 3.63) is 50.2 Å². The number of ether oxygens (including phenoxy) is 2. The van der Waals surface area contributed by atoms with Crippen molar-refractivity contribution in [1.29, 1.82) is 0 Å². The highest BCUT2D eigenvalue weighted by Gasteiger charge is 2.19. The molecule has 2 aromatic rings. The Morgan fingerprint density at radius 1 is 1.36 bits per heavy atom. The van der Waals surface area contributed by atoms with Gasteiger partial charge in [0.15, 0.2) is 0 Å². The van der Waals surface area contributed by atoms with E-state index in [1.54, 1.807) is 20.8 Å². The zero-order chi connectivity index (χ0) is 20.8. The summed E-state index contributed by atoms with van der Waals surface area (Å²) < 4.78 is 38.5. The Morgan fingerprint density at radius 3 is 2.68 bits per heavy atom. The monoisotopic (exact) mass is 459 g/mol. The van der Waals surface area contributed by atoms with E-state index in [0.29, 0.717) is 0 Å². The van der Waals surface area contributed by atoms with Crippen molar-refractivity contribution in [2.24, 2.45) is 0 Å². The van der Waals surface area contributed by atoms with Crippen LogP contribution < -0.4 is 15.6 Å². The molecule has 2 rings (SSSR count). The maximum atomic E-state index is 13.8. The summed E-state index contributed by atoms with van der Waals surface area (Å²) in [6.45, 7) is 5.00. The van der Waals surface area contributed by atoms with Gasteiger partial charge in [0.2, 0.25) is 11.8 Å². The summed E-state index contributed by atoms with van der Waals surface area (Å²) >= 11 is 3.15. The van der Waals surface area contributed by atoms with Crippen LogP contribution in [-0.2, 0) is 16.1 Å². The van der Waals surface area contributed by atoms with Gasteiger partial charge in [-0.05, 0) is 48.8 Å². The van der Waals surface area contributed by atoms with Gasteiger partial charge in [-0.15, -0.1) is 0 Å². The molecular weight excluding hydrogens is 440 g/mol. The minimum atomic E-state index is -0.771. The van der Waals surface area contributed by atoms with Gasteiger partial charge in [-0.3, -0.25) is 14.2 Å². The molecule has 1 aromatic carbocycles. The number of nitrogens with one attached hydrogen (secondary N) is 1. The first-order chi connectivity index (χ1) is 13.2. The highest BCUT2D eigenvalue weighted by atomic mass is 79.9. The van der Waals surface area contributed by atoms with Gasteiger partial charge in [0.25, 0.3) is 5.56 Å². The number of nitrogens with zero attached hydrogens (tertiary/aromatic N) is 2. The Labute approximate surface area is 168 Å². The summed E-state index contributed by atoms with van der Waals surface area (Å²) in [6, 6.07) is 2.83. The van der Waals surface area contributed by atoms with E-state index >= 15 is 0 Å². The molecule has 10 heteroatoms. The van der Waals surface area contributed by atoms with Crippen LogP contribution in [0.15, 0.2) is 27.5 Å². The van der Waals surface area contributed by atoms with Crippen molar-refractivity contribution < 1.29 is 23.0 Å². The molecule has 0 bridgehead atoms. The van der Waals surface area contributed by atoms with Gasteiger partial charge in [-0.25, -0.2) is 8.78 Å². The molecule has 0 saturated heterocycles. The van der Waals surface area contributed by atoms with Gasteiger partial charge in [0, 0.05) is 17.7 Å². The first-order valence-electron chi connectivity index (χ1n) is 8.52. The Bertz CT molecular complexity index is 918. The number of hydrogen-bond donors (Lipinski definition) is 1. The quantitative estimate of drug-likeness (QED) is 0.609. The van der Waals surface area contributed by atoms with Crippen molar-refractivity contribution in [3.8, 4) is 5.88 Å². The van der Waals surface area contributed by atoms with E-state index in [-0.39, 0.29) is 47.7 Å². The van der Waals surface area contributed by atoms with E-state index in [1.165, 1.54) is 10.6 Å². The number of anilines is 1. The number of carbonyl (C=O) groups excluding carboxylic acids is 1. The van der Waals surface area contributed by atoms with Crippen molar-refractivity contribution in [3.63, 3.8) is 0 Å². The molecule has 0 radical (unpaired) electrons. The van der Waals surface area contributed by atoms with Crippen LogP contribution >= 0.6 is 15.9 Å². The highest BCUT2D eigenvalue weighted by Crippen LogP contribution is 2.24. The normalized spacial score (nSPS) is 10.8. The first-order valence-corrected chi connectivity index (χ1v) is 9.32. The van der Waals surface area contributed by atoms with Crippen LogP contribution in [0.25, 0.3) is 0 Å². The third-order valence-electron chi connectivity index (χ3n) is 3.62. The van der Waals surface area contributed by atoms with Crippen LogP contribution in [-0.4, -0.2) is 28.7 Å². The van der Waals surface area contributed by atoms with Crippen molar-refractivity contribution in [1.82, 2.24) is 9.55 Å². The smallest absolute Gasteiger partial charge is 0.325 e. The molecule has 1 aromatic heterocycles. The lowest BCUT2D eigenvalue weighted by molar-refractivity contribution is -0.140. The van der Waals surface area contributed by atoms with E-state index in [0.717, 1.165) is 12.1 Å². The predicted octanol–water partition coefficient (Wildman–Crippen LogP) is 3.42. The van der Waals surface area contributed by atoms with Gasteiger partial charge in [0.05, 0.1) is 6.61 Å². The van der Waals surface area contributed by atoms with E-state index in [1.807, 2.05) is 0 Å². The highest BCUT2D eigenvalue weighted by molar-refractivity contribution is 9.10. The maximum absolute atomic E-state index is 13.8. The van der Waals surface area contributed by atoms with Crippen LogP contribution in [0.2, 0.25) is 0 Å². The summed E-state index contributed by atoms with van der Waals surface area (Å²) in [5.74, 6) is -1.97. The van der Waals surface area contributed by atoms with E-state index in [2.05, 4.69) is 26.2 Å². The lowest BCUT2D eigenvalue weighted by atomic mass is 10.2. The van der Waals surface area contributed by atoms with Crippen LogP contribution in [0.5, 0.6) is 5.88 Å². The molecule has 28 heavy (non-hydrogen) atoms. The molecule has 0 spiro atoms. The third-order valence-corrected chi connectivity index (χ3v) is 4.30. The van der Waals surface area contributed by atoms with Gasteiger partial charge >= 0.3 is 5.97 Å². The lowest BCUT2D eigenvalue weighted by Gasteiger charge is -2.18. The van der Waals surface area contributed by atoms with Gasteiger partial charge < -0.3 is 14.8 Å². The molecule has 0 aliphatic heterocycles.